The Morgan fingerprint density at radius 3 is 2.96 bits per heavy atom. The maximum atomic E-state index is 12.5. The van der Waals surface area contributed by atoms with Crippen molar-refractivity contribution in [1.82, 2.24) is 19.4 Å². The highest BCUT2D eigenvalue weighted by Gasteiger charge is 2.16. The molecular formula is C19H22N4O. The van der Waals surface area contributed by atoms with Gasteiger partial charge in [0.2, 0.25) is 0 Å². The first kappa shape index (κ1) is 15.1. The number of aromatic amines is 1. The molecular weight excluding hydrogens is 300 g/mol. The van der Waals surface area contributed by atoms with E-state index in [4.69, 9.17) is 0 Å². The van der Waals surface area contributed by atoms with E-state index in [2.05, 4.69) is 44.6 Å². The van der Waals surface area contributed by atoms with E-state index in [1.165, 1.54) is 11.3 Å². The number of aryl methyl sites for hydroxylation is 3. The largest absolute Gasteiger partial charge is 0.333 e. The lowest BCUT2D eigenvalue weighted by Crippen LogP contribution is -2.27. The summed E-state index contributed by atoms with van der Waals surface area (Å²) in [5, 5.41) is 1.11. The minimum Gasteiger partial charge on any atom is -0.333 e. The summed E-state index contributed by atoms with van der Waals surface area (Å²) in [6, 6.07) is 6.30. The van der Waals surface area contributed by atoms with Gasteiger partial charge in [-0.1, -0.05) is 11.6 Å². The molecule has 0 saturated carbocycles. The minimum absolute atomic E-state index is 0.0206. The van der Waals surface area contributed by atoms with Gasteiger partial charge in [0.25, 0.3) is 5.56 Å². The van der Waals surface area contributed by atoms with E-state index >= 15 is 0 Å². The van der Waals surface area contributed by atoms with Gasteiger partial charge in [-0.2, -0.15) is 0 Å². The number of imidazole rings is 1. The molecule has 5 nitrogen and oxygen atoms in total. The monoisotopic (exact) mass is 322 g/mol. The molecule has 0 radical (unpaired) electrons. The Morgan fingerprint density at radius 2 is 2.08 bits per heavy atom. The van der Waals surface area contributed by atoms with E-state index in [0.29, 0.717) is 6.54 Å². The van der Waals surface area contributed by atoms with E-state index in [9.17, 15) is 4.79 Å². The average Bonchev–Trinajstić information content (AvgIpc) is 2.87. The summed E-state index contributed by atoms with van der Waals surface area (Å²) in [6.45, 7) is 7.63. The highest BCUT2D eigenvalue weighted by atomic mass is 16.1. The van der Waals surface area contributed by atoms with Gasteiger partial charge in [-0.25, -0.2) is 4.98 Å². The van der Waals surface area contributed by atoms with Crippen molar-refractivity contribution in [3.63, 3.8) is 0 Å². The Morgan fingerprint density at radius 1 is 1.21 bits per heavy atom. The third kappa shape index (κ3) is 2.76. The zero-order valence-corrected chi connectivity index (χ0v) is 14.2. The molecule has 124 valence electrons. The van der Waals surface area contributed by atoms with Gasteiger partial charge in [0, 0.05) is 37.9 Å². The SMILES string of the molecule is Cc1cc(C)c2[nH]c(=O)c(CN3CCCn4cncc4C3)cc2c1. The van der Waals surface area contributed by atoms with Gasteiger partial charge in [0.15, 0.2) is 0 Å². The summed E-state index contributed by atoms with van der Waals surface area (Å²) in [7, 11) is 0. The molecule has 0 aliphatic carbocycles. The van der Waals surface area contributed by atoms with Crippen molar-refractivity contribution in [2.75, 3.05) is 6.54 Å². The quantitative estimate of drug-likeness (QED) is 0.789. The van der Waals surface area contributed by atoms with Crippen molar-refractivity contribution < 1.29 is 0 Å². The number of benzene rings is 1. The fourth-order valence-corrected chi connectivity index (χ4v) is 3.68. The second kappa shape index (κ2) is 5.91. The van der Waals surface area contributed by atoms with Crippen molar-refractivity contribution in [3.8, 4) is 0 Å². The Hall–Kier alpha value is -2.40. The zero-order valence-electron chi connectivity index (χ0n) is 14.2. The van der Waals surface area contributed by atoms with Crippen molar-refractivity contribution in [2.24, 2.45) is 0 Å². The summed E-state index contributed by atoms with van der Waals surface area (Å²) in [4.78, 5) is 22.2. The van der Waals surface area contributed by atoms with E-state index in [0.717, 1.165) is 48.1 Å². The Bertz CT molecular complexity index is 954. The molecule has 0 bridgehead atoms. The van der Waals surface area contributed by atoms with Gasteiger partial charge in [0.1, 0.15) is 0 Å². The van der Waals surface area contributed by atoms with Gasteiger partial charge >= 0.3 is 0 Å². The first-order chi connectivity index (χ1) is 11.6. The van der Waals surface area contributed by atoms with Crippen LogP contribution in [0.3, 0.4) is 0 Å². The molecule has 0 saturated heterocycles. The molecule has 3 heterocycles. The summed E-state index contributed by atoms with van der Waals surface area (Å²) >= 11 is 0. The number of rotatable bonds is 2. The molecule has 0 atom stereocenters. The highest BCUT2D eigenvalue weighted by molar-refractivity contribution is 5.82. The highest BCUT2D eigenvalue weighted by Crippen LogP contribution is 2.19. The van der Waals surface area contributed by atoms with Crippen molar-refractivity contribution >= 4 is 10.9 Å². The molecule has 3 aromatic rings. The van der Waals surface area contributed by atoms with Crippen molar-refractivity contribution in [3.05, 3.63) is 63.5 Å². The molecule has 0 fully saturated rings. The molecule has 1 aliphatic rings. The molecule has 1 aliphatic heterocycles. The van der Waals surface area contributed by atoms with Crippen molar-refractivity contribution in [2.45, 2.75) is 39.9 Å². The summed E-state index contributed by atoms with van der Waals surface area (Å²) in [5.74, 6) is 0. The average molecular weight is 322 g/mol. The van der Waals surface area contributed by atoms with Gasteiger partial charge in [-0.15, -0.1) is 0 Å². The van der Waals surface area contributed by atoms with Crippen LogP contribution in [0, 0.1) is 13.8 Å². The molecule has 0 amide bonds. The van der Waals surface area contributed by atoms with Crippen LogP contribution in [0.25, 0.3) is 10.9 Å². The molecule has 1 N–H and O–H groups in total. The van der Waals surface area contributed by atoms with E-state index in [-0.39, 0.29) is 5.56 Å². The van der Waals surface area contributed by atoms with Crippen LogP contribution in [-0.4, -0.2) is 26.0 Å². The molecule has 0 spiro atoms. The predicted molar refractivity (Wildman–Crippen MR) is 95.0 cm³/mol. The molecule has 1 aromatic carbocycles. The van der Waals surface area contributed by atoms with E-state index in [1.54, 1.807) is 0 Å². The van der Waals surface area contributed by atoms with Crippen LogP contribution in [0.2, 0.25) is 0 Å². The van der Waals surface area contributed by atoms with Gasteiger partial charge in [-0.05, 0) is 43.4 Å². The van der Waals surface area contributed by atoms with Gasteiger partial charge in [-0.3, -0.25) is 9.69 Å². The molecule has 0 unspecified atom stereocenters. The van der Waals surface area contributed by atoms with Crippen LogP contribution < -0.4 is 5.56 Å². The lowest BCUT2D eigenvalue weighted by atomic mass is 10.1. The number of nitrogens with zero attached hydrogens (tertiary/aromatic N) is 3. The van der Waals surface area contributed by atoms with Crippen LogP contribution in [0.1, 0.15) is 28.8 Å². The number of hydrogen-bond donors (Lipinski definition) is 1. The summed E-state index contributed by atoms with van der Waals surface area (Å²) in [5.41, 5.74) is 5.36. The number of aromatic nitrogens is 3. The van der Waals surface area contributed by atoms with E-state index in [1.807, 2.05) is 19.4 Å². The fourth-order valence-electron chi connectivity index (χ4n) is 3.68. The topological polar surface area (TPSA) is 53.9 Å². The Balaban J connectivity index is 1.67. The van der Waals surface area contributed by atoms with Crippen molar-refractivity contribution in [1.29, 1.82) is 0 Å². The minimum atomic E-state index is 0.0206. The molecule has 2 aromatic heterocycles. The number of hydrogen-bond acceptors (Lipinski definition) is 3. The van der Waals surface area contributed by atoms with Crippen LogP contribution in [0.5, 0.6) is 0 Å². The fraction of sp³-hybridized carbons (Fsp3) is 0.368. The molecule has 5 heteroatoms. The third-order valence-corrected chi connectivity index (χ3v) is 4.82. The van der Waals surface area contributed by atoms with Gasteiger partial charge < -0.3 is 9.55 Å². The first-order valence-electron chi connectivity index (χ1n) is 8.45. The lowest BCUT2D eigenvalue weighted by molar-refractivity contribution is 0.260. The molecule has 24 heavy (non-hydrogen) atoms. The number of nitrogens with one attached hydrogen (secondary N) is 1. The summed E-state index contributed by atoms with van der Waals surface area (Å²) in [6.07, 6.45) is 4.90. The maximum absolute atomic E-state index is 12.5. The lowest BCUT2D eigenvalue weighted by Gasteiger charge is -2.19. The van der Waals surface area contributed by atoms with Crippen LogP contribution in [0.15, 0.2) is 35.5 Å². The van der Waals surface area contributed by atoms with Gasteiger partial charge in [0.05, 0.1) is 17.5 Å². The maximum Gasteiger partial charge on any atom is 0.252 e. The van der Waals surface area contributed by atoms with Crippen LogP contribution in [0.4, 0.5) is 0 Å². The number of H-pyrrole nitrogens is 1. The predicted octanol–water partition coefficient (Wildman–Crippen LogP) is 2.75. The molecule has 4 rings (SSSR count). The smallest absolute Gasteiger partial charge is 0.252 e. The number of pyridine rings is 1. The van der Waals surface area contributed by atoms with E-state index < -0.39 is 0 Å². The Kier molecular flexibility index (Phi) is 3.73. The number of fused-ring (bicyclic) bond motifs is 2. The van der Waals surface area contributed by atoms with Crippen LogP contribution in [-0.2, 0) is 19.6 Å². The normalized spacial score (nSPS) is 15.4. The Labute approximate surface area is 140 Å². The van der Waals surface area contributed by atoms with Crippen LogP contribution >= 0.6 is 0 Å². The second-order valence-electron chi connectivity index (χ2n) is 6.81. The second-order valence-corrected chi connectivity index (χ2v) is 6.81. The third-order valence-electron chi connectivity index (χ3n) is 4.82. The standard InChI is InChI=1S/C19H22N4O/c1-13-6-14(2)18-15(7-13)8-16(19(24)21-18)10-22-4-3-5-23-12-20-9-17(23)11-22/h6-9,12H,3-5,10-11H2,1-2H3,(H,21,24). The first-order valence-corrected chi connectivity index (χ1v) is 8.45. The summed E-state index contributed by atoms with van der Waals surface area (Å²) < 4.78 is 2.21. The zero-order chi connectivity index (χ0) is 16.7.